The molecule has 4 nitrogen and oxygen atoms in total. The monoisotopic (exact) mass is 221 g/mol. The first-order valence-corrected chi connectivity index (χ1v) is 5.08. The van der Waals surface area contributed by atoms with Crippen molar-refractivity contribution in [3.05, 3.63) is 35.4 Å². The average Bonchev–Trinajstić information content (AvgIpc) is 2.28. The molecule has 1 rings (SSSR count). The van der Waals surface area contributed by atoms with E-state index in [1.807, 2.05) is 0 Å². The molecule has 1 unspecified atom stereocenters. The second kappa shape index (κ2) is 5.42. The van der Waals surface area contributed by atoms with Gasteiger partial charge < -0.3 is 10.4 Å². The molecule has 0 spiro atoms. The van der Waals surface area contributed by atoms with Crippen molar-refractivity contribution in [2.24, 2.45) is 5.92 Å². The largest absolute Gasteiger partial charge is 0.373 e. The van der Waals surface area contributed by atoms with Crippen LogP contribution in [0.3, 0.4) is 0 Å². The maximum atomic E-state index is 11.6. The van der Waals surface area contributed by atoms with E-state index in [4.69, 9.17) is 0 Å². The van der Waals surface area contributed by atoms with Crippen molar-refractivity contribution in [3.8, 4) is 0 Å². The van der Waals surface area contributed by atoms with E-state index in [1.165, 1.54) is 6.07 Å². The van der Waals surface area contributed by atoms with E-state index in [1.54, 1.807) is 32.0 Å². The molecule has 0 saturated carbocycles. The SMILES string of the molecule is CC(C)C(O)NC(=O)c1cccc(C=O)c1. The van der Waals surface area contributed by atoms with Crippen LogP contribution in [0.1, 0.15) is 34.6 Å². The van der Waals surface area contributed by atoms with Crippen LogP contribution in [-0.4, -0.2) is 23.5 Å². The van der Waals surface area contributed by atoms with Gasteiger partial charge in [-0.15, -0.1) is 0 Å². The highest BCUT2D eigenvalue weighted by molar-refractivity contribution is 5.95. The lowest BCUT2D eigenvalue weighted by Crippen LogP contribution is -2.38. The van der Waals surface area contributed by atoms with Crippen molar-refractivity contribution >= 4 is 12.2 Å². The van der Waals surface area contributed by atoms with Gasteiger partial charge in [0.05, 0.1) is 0 Å². The molecule has 0 aliphatic carbocycles. The minimum atomic E-state index is -0.882. The molecule has 1 atom stereocenters. The molecule has 4 heteroatoms. The van der Waals surface area contributed by atoms with Gasteiger partial charge in [-0.05, 0) is 18.1 Å². The fraction of sp³-hybridized carbons (Fsp3) is 0.333. The standard InChI is InChI=1S/C12H15NO3/c1-8(2)11(15)13-12(16)10-5-3-4-9(6-10)7-14/h3-8,11,15H,1-2H3,(H,13,16). The third-order valence-electron chi connectivity index (χ3n) is 2.20. The van der Waals surface area contributed by atoms with Gasteiger partial charge in [0.2, 0.25) is 0 Å². The topological polar surface area (TPSA) is 66.4 Å². The molecule has 1 amide bonds. The number of carbonyl (C=O) groups excluding carboxylic acids is 2. The van der Waals surface area contributed by atoms with Crippen LogP contribution < -0.4 is 5.32 Å². The van der Waals surface area contributed by atoms with Crippen molar-refractivity contribution < 1.29 is 14.7 Å². The highest BCUT2D eigenvalue weighted by Crippen LogP contribution is 2.05. The van der Waals surface area contributed by atoms with Crippen molar-refractivity contribution in [2.45, 2.75) is 20.1 Å². The summed E-state index contributed by atoms with van der Waals surface area (Å²) in [6.45, 7) is 3.60. The highest BCUT2D eigenvalue weighted by Gasteiger charge is 2.13. The van der Waals surface area contributed by atoms with Crippen LogP contribution in [0.4, 0.5) is 0 Å². The van der Waals surface area contributed by atoms with Crippen LogP contribution in [0.25, 0.3) is 0 Å². The van der Waals surface area contributed by atoms with Gasteiger partial charge in [0, 0.05) is 11.1 Å². The Hall–Kier alpha value is -1.68. The number of aldehydes is 1. The maximum Gasteiger partial charge on any atom is 0.253 e. The Balaban J connectivity index is 2.76. The molecule has 0 aromatic heterocycles. The number of hydrogen-bond acceptors (Lipinski definition) is 3. The molecule has 0 saturated heterocycles. The molecule has 0 bridgehead atoms. The smallest absolute Gasteiger partial charge is 0.253 e. The molecular formula is C12H15NO3. The zero-order valence-corrected chi connectivity index (χ0v) is 9.31. The number of benzene rings is 1. The van der Waals surface area contributed by atoms with Gasteiger partial charge >= 0.3 is 0 Å². The Morgan fingerprint density at radius 1 is 1.44 bits per heavy atom. The van der Waals surface area contributed by atoms with Crippen molar-refractivity contribution in [3.63, 3.8) is 0 Å². The fourth-order valence-electron chi connectivity index (χ4n) is 1.14. The van der Waals surface area contributed by atoms with Crippen LogP contribution in [0.5, 0.6) is 0 Å². The molecule has 0 aliphatic heterocycles. The van der Waals surface area contributed by atoms with Crippen LogP contribution in [0, 0.1) is 5.92 Å². The van der Waals surface area contributed by atoms with Gasteiger partial charge in [0.15, 0.2) is 0 Å². The van der Waals surface area contributed by atoms with E-state index in [9.17, 15) is 14.7 Å². The van der Waals surface area contributed by atoms with Crippen molar-refractivity contribution in [2.75, 3.05) is 0 Å². The molecule has 0 fully saturated rings. The predicted octanol–water partition coefficient (Wildman–Crippen LogP) is 1.20. The van der Waals surface area contributed by atoms with E-state index < -0.39 is 6.23 Å². The lowest BCUT2D eigenvalue weighted by atomic mass is 10.1. The molecule has 1 aromatic carbocycles. The Bertz CT molecular complexity index is 388. The Kier molecular flexibility index (Phi) is 4.19. The second-order valence-electron chi connectivity index (χ2n) is 3.91. The third kappa shape index (κ3) is 3.17. The van der Waals surface area contributed by atoms with Crippen LogP contribution >= 0.6 is 0 Å². The van der Waals surface area contributed by atoms with Gasteiger partial charge in [-0.2, -0.15) is 0 Å². The summed E-state index contributed by atoms with van der Waals surface area (Å²) < 4.78 is 0. The van der Waals surface area contributed by atoms with Crippen molar-refractivity contribution in [1.82, 2.24) is 5.32 Å². The van der Waals surface area contributed by atoms with Gasteiger partial charge in [0.1, 0.15) is 12.5 Å². The second-order valence-corrected chi connectivity index (χ2v) is 3.91. The van der Waals surface area contributed by atoms with E-state index in [0.29, 0.717) is 17.4 Å². The molecule has 0 heterocycles. The van der Waals surface area contributed by atoms with Crippen molar-refractivity contribution in [1.29, 1.82) is 0 Å². The number of carbonyl (C=O) groups is 2. The quantitative estimate of drug-likeness (QED) is 0.593. The molecule has 16 heavy (non-hydrogen) atoms. The molecule has 0 aliphatic rings. The van der Waals surface area contributed by atoms with Crippen LogP contribution in [0.15, 0.2) is 24.3 Å². The lowest BCUT2D eigenvalue weighted by Gasteiger charge is -2.16. The summed E-state index contributed by atoms with van der Waals surface area (Å²) in [5.41, 5.74) is 0.802. The average molecular weight is 221 g/mol. The summed E-state index contributed by atoms with van der Waals surface area (Å²) in [6, 6.07) is 6.31. The van der Waals surface area contributed by atoms with Gasteiger partial charge in [-0.3, -0.25) is 9.59 Å². The summed E-state index contributed by atoms with van der Waals surface area (Å²) in [7, 11) is 0. The van der Waals surface area contributed by atoms with E-state index in [2.05, 4.69) is 5.32 Å². The predicted molar refractivity (Wildman–Crippen MR) is 60.1 cm³/mol. The minimum Gasteiger partial charge on any atom is -0.373 e. The first-order chi connectivity index (χ1) is 7.54. The first kappa shape index (κ1) is 12.4. The van der Waals surface area contributed by atoms with Crippen LogP contribution in [-0.2, 0) is 0 Å². The lowest BCUT2D eigenvalue weighted by molar-refractivity contribution is 0.0647. The molecule has 0 radical (unpaired) electrons. The van der Waals surface area contributed by atoms with E-state index >= 15 is 0 Å². The molecule has 86 valence electrons. The number of aliphatic hydroxyl groups excluding tert-OH is 1. The zero-order chi connectivity index (χ0) is 12.1. The number of amides is 1. The Morgan fingerprint density at radius 3 is 2.69 bits per heavy atom. The van der Waals surface area contributed by atoms with E-state index in [-0.39, 0.29) is 11.8 Å². The highest BCUT2D eigenvalue weighted by atomic mass is 16.3. The summed E-state index contributed by atoms with van der Waals surface area (Å²) in [5.74, 6) is -0.442. The van der Waals surface area contributed by atoms with E-state index in [0.717, 1.165) is 0 Å². The number of hydrogen-bond donors (Lipinski definition) is 2. The van der Waals surface area contributed by atoms with Gasteiger partial charge in [0.25, 0.3) is 5.91 Å². The summed E-state index contributed by atoms with van der Waals surface area (Å²) in [4.78, 5) is 22.2. The summed E-state index contributed by atoms with van der Waals surface area (Å²) in [5, 5.41) is 11.9. The first-order valence-electron chi connectivity index (χ1n) is 5.08. The van der Waals surface area contributed by atoms with Gasteiger partial charge in [-0.25, -0.2) is 0 Å². The number of rotatable bonds is 4. The maximum absolute atomic E-state index is 11.6. The zero-order valence-electron chi connectivity index (χ0n) is 9.31. The Labute approximate surface area is 94.3 Å². The fourth-order valence-corrected chi connectivity index (χ4v) is 1.14. The molecular weight excluding hydrogens is 206 g/mol. The normalized spacial score (nSPS) is 12.2. The third-order valence-corrected chi connectivity index (χ3v) is 2.20. The number of nitrogens with one attached hydrogen (secondary N) is 1. The minimum absolute atomic E-state index is 0.0572. The van der Waals surface area contributed by atoms with Crippen LogP contribution in [0.2, 0.25) is 0 Å². The number of aliphatic hydroxyl groups is 1. The summed E-state index contributed by atoms with van der Waals surface area (Å²) in [6.07, 6.45) is -0.206. The molecule has 2 N–H and O–H groups in total. The van der Waals surface area contributed by atoms with Gasteiger partial charge in [-0.1, -0.05) is 26.0 Å². The Morgan fingerprint density at radius 2 is 2.12 bits per heavy atom. The molecule has 1 aromatic rings. The summed E-state index contributed by atoms with van der Waals surface area (Å²) >= 11 is 0.